The molecule has 0 fully saturated rings. The Morgan fingerprint density at radius 1 is 1.37 bits per heavy atom. The van der Waals surface area contributed by atoms with E-state index in [2.05, 4.69) is 61.9 Å². The molecule has 1 aromatic heterocycles. The largest absolute Gasteiger partial charge is 0.498 e. The van der Waals surface area contributed by atoms with Crippen LogP contribution in [0, 0.1) is 12.8 Å². The van der Waals surface area contributed by atoms with Gasteiger partial charge in [0.05, 0.1) is 12.4 Å². The van der Waals surface area contributed by atoms with Gasteiger partial charge in [0.15, 0.2) is 7.85 Å². The van der Waals surface area contributed by atoms with E-state index in [0.717, 1.165) is 29.2 Å². The van der Waals surface area contributed by atoms with Crippen LogP contribution in [0.4, 0.5) is 0 Å². The van der Waals surface area contributed by atoms with Gasteiger partial charge < -0.3 is 9.64 Å². The summed E-state index contributed by atoms with van der Waals surface area (Å²) in [6.07, 6.45) is 6.72. The van der Waals surface area contributed by atoms with E-state index in [4.69, 9.17) is 4.74 Å². The monoisotopic (exact) mass is 405 g/mol. The maximum Gasteiger partial charge on any atom is 0.164 e. The van der Waals surface area contributed by atoms with E-state index in [1.807, 2.05) is 38.0 Å². The Balaban J connectivity index is 2.83. The Morgan fingerprint density at radius 3 is 2.63 bits per heavy atom. The lowest BCUT2D eigenvalue weighted by atomic mass is 9.98. The van der Waals surface area contributed by atoms with Crippen molar-refractivity contribution < 1.29 is 4.74 Å². The van der Waals surface area contributed by atoms with Crippen molar-refractivity contribution in [3.8, 4) is 0 Å². The van der Waals surface area contributed by atoms with Crippen LogP contribution in [0.1, 0.15) is 45.5 Å². The van der Waals surface area contributed by atoms with E-state index >= 15 is 0 Å². The predicted molar refractivity (Wildman–Crippen MR) is 124 cm³/mol. The van der Waals surface area contributed by atoms with E-state index < -0.39 is 0 Å². The minimum atomic E-state index is 0.337. The van der Waals surface area contributed by atoms with Gasteiger partial charge in [-0.3, -0.25) is 0 Å². The summed E-state index contributed by atoms with van der Waals surface area (Å²) in [5, 5.41) is 0.551. The van der Waals surface area contributed by atoms with Crippen molar-refractivity contribution in [2.24, 2.45) is 5.92 Å². The summed E-state index contributed by atoms with van der Waals surface area (Å²) in [5.41, 5.74) is 2.10. The fourth-order valence-corrected chi connectivity index (χ4v) is 4.03. The van der Waals surface area contributed by atoms with Crippen LogP contribution in [0.2, 0.25) is 0 Å². The van der Waals surface area contributed by atoms with Crippen molar-refractivity contribution in [1.29, 1.82) is 0 Å². The van der Waals surface area contributed by atoms with Crippen molar-refractivity contribution >= 4 is 35.0 Å². The number of ether oxygens (including phenoxy) is 1. The maximum absolute atomic E-state index is 5.78. The highest BCUT2D eigenvalue weighted by Gasteiger charge is 2.09. The van der Waals surface area contributed by atoms with Crippen LogP contribution in [-0.2, 0) is 11.3 Å². The maximum atomic E-state index is 5.78. The molecule has 0 spiro atoms. The Hall–Kier alpha value is -1.34. The minimum absolute atomic E-state index is 0.337. The first-order valence-electron chi connectivity index (χ1n) is 9.26. The molecule has 0 aromatic carbocycles. The molecule has 0 aliphatic carbocycles. The molecule has 4 nitrogen and oxygen atoms in total. The highest BCUT2D eigenvalue weighted by Crippen LogP contribution is 2.35. The van der Waals surface area contributed by atoms with Gasteiger partial charge in [-0.2, -0.15) is 0 Å². The molecule has 0 N–H and O–H groups in total. The quantitative estimate of drug-likeness (QED) is 0.295. The van der Waals surface area contributed by atoms with Gasteiger partial charge in [0.1, 0.15) is 5.82 Å². The summed E-state index contributed by atoms with van der Waals surface area (Å²) in [4.78, 5) is 12.1. The number of hydrogen-bond donors (Lipinski definition) is 0. The standard InChI is InChI=1S/C20H32BN3OS2/c1-8-24(12-18-11-22-17(7)23-20(18)21)13-19(27-26-15(4)5)9-10-25-16(6)14(2)3/h8,11,13-15H,1,6,9-10,12,21H2,2-5,7H3/b19-13+. The molecule has 7 heteroatoms. The van der Waals surface area contributed by atoms with Crippen LogP contribution in [0.3, 0.4) is 0 Å². The molecular formula is C20H32BN3OS2. The second kappa shape index (κ2) is 12.2. The van der Waals surface area contributed by atoms with E-state index in [-0.39, 0.29) is 0 Å². The summed E-state index contributed by atoms with van der Waals surface area (Å²) in [6.45, 7) is 19.8. The Morgan fingerprint density at radius 2 is 2.07 bits per heavy atom. The summed E-state index contributed by atoms with van der Waals surface area (Å²) < 4.78 is 5.78. The Kier molecular flexibility index (Phi) is 10.7. The minimum Gasteiger partial charge on any atom is -0.498 e. The zero-order chi connectivity index (χ0) is 20.4. The summed E-state index contributed by atoms with van der Waals surface area (Å²) in [7, 11) is 5.67. The summed E-state index contributed by atoms with van der Waals surface area (Å²) in [5.74, 6) is 1.97. The molecule has 148 valence electrons. The molecule has 0 saturated carbocycles. The van der Waals surface area contributed by atoms with Gasteiger partial charge in [-0.25, -0.2) is 9.97 Å². The van der Waals surface area contributed by atoms with Crippen LogP contribution in [0.25, 0.3) is 0 Å². The summed E-state index contributed by atoms with van der Waals surface area (Å²) in [6, 6.07) is 0. The third-order valence-corrected chi connectivity index (χ3v) is 6.82. The van der Waals surface area contributed by atoms with Crippen LogP contribution in [-0.4, -0.2) is 34.6 Å². The van der Waals surface area contributed by atoms with Crippen LogP contribution < -0.4 is 5.59 Å². The highest BCUT2D eigenvalue weighted by atomic mass is 33.1. The fourth-order valence-electron chi connectivity index (χ4n) is 2.04. The van der Waals surface area contributed by atoms with Gasteiger partial charge in [-0.1, -0.05) is 62.4 Å². The van der Waals surface area contributed by atoms with Gasteiger partial charge in [-0.05, 0) is 13.1 Å². The Bertz CT molecular complexity index is 663. The van der Waals surface area contributed by atoms with Gasteiger partial charge in [0.2, 0.25) is 0 Å². The van der Waals surface area contributed by atoms with Crippen molar-refractivity contribution in [3.63, 3.8) is 0 Å². The summed E-state index contributed by atoms with van der Waals surface area (Å²) >= 11 is 0. The van der Waals surface area contributed by atoms with E-state index in [1.165, 1.54) is 4.91 Å². The second-order valence-corrected chi connectivity index (χ2v) is 9.83. The number of aryl methyl sites for hydroxylation is 1. The molecule has 0 bridgehead atoms. The lowest BCUT2D eigenvalue weighted by Crippen LogP contribution is -2.22. The number of aromatic nitrogens is 2. The van der Waals surface area contributed by atoms with Gasteiger partial charge in [-0.15, -0.1) is 0 Å². The first-order chi connectivity index (χ1) is 12.7. The third kappa shape index (κ3) is 9.43. The van der Waals surface area contributed by atoms with Crippen molar-refractivity contribution in [2.45, 2.75) is 52.8 Å². The average molecular weight is 405 g/mol. The highest BCUT2D eigenvalue weighted by molar-refractivity contribution is 8.78. The third-order valence-electron chi connectivity index (χ3n) is 3.73. The molecule has 0 unspecified atom stereocenters. The predicted octanol–water partition coefficient (Wildman–Crippen LogP) is 4.20. The van der Waals surface area contributed by atoms with Crippen molar-refractivity contribution in [1.82, 2.24) is 14.9 Å². The SMILES string of the molecule is Bc1nc(C)ncc1CN(C=C)/C=C(\CCOC(=C)C(C)C)SSC(C)C. The molecule has 1 aromatic rings. The van der Waals surface area contributed by atoms with E-state index in [1.54, 1.807) is 10.8 Å². The zero-order valence-corrected chi connectivity index (χ0v) is 19.1. The van der Waals surface area contributed by atoms with Crippen LogP contribution in [0.15, 0.2) is 42.4 Å². The lowest BCUT2D eigenvalue weighted by Gasteiger charge is -2.19. The molecule has 0 radical (unpaired) electrons. The number of allylic oxidation sites excluding steroid dienone is 1. The first kappa shape index (κ1) is 23.7. The molecular weight excluding hydrogens is 373 g/mol. The number of hydrogen-bond acceptors (Lipinski definition) is 6. The molecule has 0 amide bonds. The lowest BCUT2D eigenvalue weighted by molar-refractivity contribution is 0.191. The van der Waals surface area contributed by atoms with Crippen molar-refractivity contribution in [2.75, 3.05) is 6.61 Å². The number of nitrogens with zero attached hydrogens (tertiary/aromatic N) is 3. The zero-order valence-electron chi connectivity index (χ0n) is 17.5. The molecule has 0 saturated heterocycles. The van der Waals surface area contributed by atoms with Crippen LogP contribution in [0.5, 0.6) is 0 Å². The molecule has 0 atom stereocenters. The van der Waals surface area contributed by atoms with Crippen LogP contribution >= 0.6 is 21.6 Å². The van der Waals surface area contributed by atoms with Gasteiger partial charge >= 0.3 is 0 Å². The second-order valence-electron chi connectivity index (χ2n) is 6.93. The molecule has 1 rings (SSSR count). The van der Waals surface area contributed by atoms with E-state index in [9.17, 15) is 0 Å². The smallest absolute Gasteiger partial charge is 0.164 e. The first-order valence-corrected chi connectivity index (χ1v) is 11.5. The molecule has 0 aliphatic heterocycles. The van der Waals surface area contributed by atoms with Gasteiger partial charge in [0, 0.05) is 52.6 Å². The molecule has 27 heavy (non-hydrogen) atoms. The fraction of sp³-hybridized carbons (Fsp3) is 0.500. The van der Waals surface area contributed by atoms with Crippen molar-refractivity contribution in [3.05, 3.63) is 53.8 Å². The average Bonchev–Trinajstić information content (AvgIpc) is 2.60. The van der Waals surface area contributed by atoms with E-state index in [0.29, 0.717) is 24.3 Å². The molecule has 1 heterocycles. The Labute approximate surface area is 173 Å². The topological polar surface area (TPSA) is 38.2 Å². The number of rotatable bonds is 12. The normalized spacial score (nSPS) is 11.7. The molecule has 0 aliphatic rings. The van der Waals surface area contributed by atoms with Gasteiger partial charge in [0.25, 0.3) is 0 Å².